The molecule has 1 N–H and O–H groups in total. The van der Waals surface area contributed by atoms with E-state index in [2.05, 4.69) is 46.6 Å². The molecule has 1 fully saturated rings. The van der Waals surface area contributed by atoms with Gasteiger partial charge in [-0.2, -0.15) is 0 Å². The van der Waals surface area contributed by atoms with Gasteiger partial charge in [0.2, 0.25) is 5.91 Å². The zero-order chi connectivity index (χ0) is 18.9. The first-order valence-corrected chi connectivity index (χ1v) is 9.93. The first-order valence-electron chi connectivity index (χ1n) is 9.93. The molecule has 0 saturated carbocycles. The second-order valence-electron chi connectivity index (χ2n) is 7.18. The molecular formula is C23H30N2O2. The maximum atomic E-state index is 12.2. The second kappa shape index (κ2) is 10.1. The number of benzene rings is 2. The summed E-state index contributed by atoms with van der Waals surface area (Å²) in [7, 11) is 1.68. The maximum absolute atomic E-state index is 12.2. The Morgan fingerprint density at radius 2 is 1.85 bits per heavy atom. The number of rotatable bonds is 10. The molecule has 0 spiro atoms. The van der Waals surface area contributed by atoms with Crippen molar-refractivity contribution in [1.82, 2.24) is 10.2 Å². The van der Waals surface area contributed by atoms with Crippen LogP contribution >= 0.6 is 0 Å². The number of aryl methyl sites for hydroxylation is 1. The molecule has 1 heterocycles. The van der Waals surface area contributed by atoms with E-state index >= 15 is 0 Å². The summed E-state index contributed by atoms with van der Waals surface area (Å²) in [4.78, 5) is 14.3. The molecule has 2 aromatic rings. The summed E-state index contributed by atoms with van der Waals surface area (Å²) in [5.74, 6) is 1.21. The van der Waals surface area contributed by atoms with Crippen molar-refractivity contribution in [1.29, 1.82) is 0 Å². The van der Waals surface area contributed by atoms with Gasteiger partial charge in [-0.3, -0.25) is 4.79 Å². The van der Waals surface area contributed by atoms with Gasteiger partial charge in [0.25, 0.3) is 0 Å². The average molecular weight is 367 g/mol. The minimum Gasteiger partial charge on any atom is -0.497 e. The van der Waals surface area contributed by atoms with E-state index < -0.39 is 0 Å². The molecule has 3 rings (SSSR count). The lowest BCUT2D eigenvalue weighted by Gasteiger charge is -2.25. The van der Waals surface area contributed by atoms with E-state index in [4.69, 9.17) is 4.74 Å². The molecule has 27 heavy (non-hydrogen) atoms. The standard InChI is InChI=1S/C23H30N2O2/c1-27-22-12-9-20(10-13-22)18-24-16-15-21-11-14-23(26)25(21)17-5-8-19-6-3-2-4-7-19/h2-4,6-7,9-10,12-13,21,24H,5,8,11,14-18H2,1H3. The number of ether oxygens (including phenoxy) is 1. The molecular weight excluding hydrogens is 336 g/mol. The Hall–Kier alpha value is -2.33. The highest BCUT2D eigenvalue weighted by Crippen LogP contribution is 2.22. The van der Waals surface area contributed by atoms with Gasteiger partial charge in [0, 0.05) is 25.6 Å². The topological polar surface area (TPSA) is 41.6 Å². The van der Waals surface area contributed by atoms with Crippen molar-refractivity contribution in [2.24, 2.45) is 0 Å². The molecule has 0 aliphatic carbocycles. The summed E-state index contributed by atoms with van der Waals surface area (Å²) >= 11 is 0. The van der Waals surface area contributed by atoms with E-state index in [1.165, 1.54) is 11.1 Å². The zero-order valence-corrected chi connectivity index (χ0v) is 16.2. The fourth-order valence-corrected chi connectivity index (χ4v) is 3.74. The number of carbonyl (C=O) groups excluding carboxylic acids is 1. The van der Waals surface area contributed by atoms with E-state index in [1.54, 1.807) is 7.11 Å². The smallest absolute Gasteiger partial charge is 0.222 e. The molecule has 1 unspecified atom stereocenters. The fraction of sp³-hybridized carbons (Fsp3) is 0.435. The zero-order valence-electron chi connectivity index (χ0n) is 16.2. The van der Waals surface area contributed by atoms with Crippen molar-refractivity contribution in [3.05, 3.63) is 65.7 Å². The number of likely N-dealkylation sites (tertiary alicyclic amines) is 1. The van der Waals surface area contributed by atoms with Crippen molar-refractivity contribution in [3.63, 3.8) is 0 Å². The lowest BCUT2D eigenvalue weighted by atomic mass is 10.1. The quantitative estimate of drug-likeness (QED) is 0.650. The van der Waals surface area contributed by atoms with Crippen molar-refractivity contribution < 1.29 is 9.53 Å². The molecule has 4 nitrogen and oxygen atoms in total. The normalized spacial score (nSPS) is 16.7. The van der Waals surface area contributed by atoms with Crippen molar-refractivity contribution in [3.8, 4) is 5.75 Å². The summed E-state index contributed by atoms with van der Waals surface area (Å²) in [6.45, 7) is 2.65. The number of amides is 1. The molecule has 1 saturated heterocycles. The largest absolute Gasteiger partial charge is 0.497 e. The number of nitrogens with zero attached hydrogens (tertiary/aromatic N) is 1. The summed E-state index contributed by atoms with van der Waals surface area (Å²) in [6.07, 6.45) is 4.79. The predicted molar refractivity (Wildman–Crippen MR) is 109 cm³/mol. The van der Waals surface area contributed by atoms with E-state index in [9.17, 15) is 4.79 Å². The van der Waals surface area contributed by atoms with Crippen molar-refractivity contribution in [2.75, 3.05) is 20.2 Å². The summed E-state index contributed by atoms with van der Waals surface area (Å²) in [5.41, 5.74) is 2.60. The molecule has 1 atom stereocenters. The van der Waals surface area contributed by atoms with E-state index in [0.717, 1.165) is 51.1 Å². The van der Waals surface area contributed by atoms with E-state index in [-0.39, 0.29) is 0 Å². The van der Waals surface area contributed by atoms with Gasteiger partial charge in [-0.25, -0.2) is 0 Å². The first kappa shape index (κ1) is 19.4. The molecule has 0 bridgehead atoms. The van der Waals surface area contributed by atoms with Crippen LogP contribution in [-0.4, -0.2) is 37.0 Å². The van der Waals surface area contributed by atoms with Crippen LogP contribution in [0.4, 0.5) is 0 Å². The Balaban J connectivity index is 1.38. The lowest BCUT2D eigenvalue weighted by molar-refractivity contribution is -0.129. The van der Waals surface area contributed by atoms with Gasteiger partial charge in [-0.1, -0.05) is 42.5 Å². The van der Waals surface area contributed by atoms with Crippen LogP contribution < -0.4 is 10.1 Å². The van der Waals surface area contributed by atoms with Gasteiger partial charge in [0.15, 0.2) is 0 Å². The Labute approximate surface area is 162 Å². The average Bonchev–Trinajstić information content (AvgIpc) is 3.06. The number of methoxy groups -OCH3 is 1. The molecule has 0 radical (unpaired) electrons. The van der Waals surface area contributed by atoms with Crippen LogP contribution in [0.2, 0.25) is 0 Å². The number of hydrogen-bond donors (Lipinski definition) is 1. The highest BCUT2D eigenvalue weighted by atomic mass is 16.5. The fourth-order valence-electron chi connectivity index (χ4n) is 3.74. The lowest BCUT2D eigenvalue weighted by Crippen LogP contribution is -2.36. The van der Waals surface area contributed by atoms with Gasteiger partial charge >= 0.3 is 0 Å². The monoisotopic (exact) mass is 366 g/mol. The highest BCUT2D eigenvalue weighted by molar-refractivity contribution is 5.78. The van der Waals surface area contributed by atoms with Crippen LogP contribution in [0.5, 0.6) is 5.75 Å². The Morgan fingerprint density at radius 3 is 2.59 bits per heavy atom. The third-order valence-corrected chi connectivity index (χ3v) is 5.30. The highest BCUT2D eigenvalue weighted by Gasteiger charge is 2.29. The number of hydrogen-bond acceptors (Lipinski definition) is 3. The molecule has 4 heteroatoms. The van der Waals surface area contributed by atoms with Crippen LogP contribution in [0.1, 0.15) is 36.8 Å². The minimum absolute atomic E-state index is 0.322. The molecule has 2 aromatic carbocycles. The summed E-state index contributed by atoms with van der Waals surface area (Å²) in [5, 5.41) is 3.50. The van der Waals surface area contributed by atoms with E-state index in [0.29, 0.717) is 18.4 Å². The minimum atomic E-state index is 0.322. The number of carbonyl (C=O) groups is 1. The van der Waals surface area contributed by atoms with Crippen LogP contribution in [0.3, 0.4) is 0 Å². The van der Waals surface area contributed by atoms with E-state index in [1.807, 2.05) is 18.2 Å². The van der Waals surface area contributed by atoms with Crippen molar-refractivity contribution in [2.45, 2.75) is 44.7 Å². The van der Waals surface area contributed by atoms with Gasteiger partial charge < -0.3 is 15.0 Å². The van der Waals surface area contributed by atoms with Gasteiger partial charge in [0.05, 0.1) is 7.11 Å². The predicted octanol–water partition coefficient (Wildman–Crippen LogP) is 3.80. The van der Waals surface area contributed by atoms with Gasteiger partial charge in [-0.05, 0) is 55.5 Å². The van der Waals surface area contributed by atoms with Crippen molar-refractivity contribution >= 4 is 5.91 Å². The van der Waals surface area contributed by atoms with Crippen LogP contribution in [-0.2, 0) is 17.8 Å². The Bertz CT molecular complexity index is 700. The molecule has 1 amide bonds. The summed E-state index contributed by atoms with van der Waals surface area (Å²) in [6, 6.07) is 19.0. The van der Waals surface area contributed by atoms with Gasteiger partial charge in [-0.15, -0.1) is 0 Å². The molecule has 1 aliphatic rings. The molecule has 144 valence electrons. The van der Waals surface area contributed by atoms with Crippen LogP contribution in [0.25, 0.3) is 0 Å². The Morgan fingerprint density at radius 1 is 1.07 bits per heavy atom. The number of nitrogens with one attached hydrogen (secondary N) is 1. The molecule has 0 aromatic heterocycles. The third kappa shape index (κ3) is 5.83. The second-order valence-corrected chi connectivity index (χ2v) is 7.18. The summed E-state index contributed by atoms with van der Waals surface area (Å²) < 4.78 is 5.19. The maximum Gasteiger partial charge on any atom is 0.222 e. The van der Waals surface area contributed by atoms with Crippen LogP contribution in [0.15, 0.2) is 54.6 Å². The third-order valence-electron chi connectivity index (χ3n) is 5.30. The Kier molecular flexibility index (Phi) is 7.28. The molecule has 1 aliphatic heterocycles. The van der Waals surface area contributed by atoms with Gasteiger partial charge in [0.1, 0.15) is 5.75 Å². The first-order chi connectivity index (χ1) is 13.3. The van der Waals surface area contributed by atoms with Crippen LogP contribution in [0, 0.1) is 0 Å². The SMILES string of the molecule is COc1ccc(CNCCC2CCC(=O)N2CCCc2ccccc2)cc1.